The number of carbonyl (C=O) groups is 1. The summed E-state index contributed by atoms with van der Waals surface area (Å²) in [5.74, 6) is -0.334. The number of fused-ring (bicyclic) bond motifs is 1. The Balaban J connectivity index is 1.70. The molecular weight excluding hydrogens is 320 g/mol. The van der Waals surface area contributed by atoms with Crippen LogP contribution in [0, 0.1) is 0 Å². The zero-order chi connectivity index (χ0) is 16.4. The first-order valence-electron chi connectivity index (χ1n) is 7.45. The minimum atomic E-state index is -3.60. The van der Waals surface area contributed by atoms with Gasteiger partial charge in [-0.05, 0) is 31.9 Å². The van der Waals surface area contributed by atoms with Crippen molar-refractivity contribution in [3.05, 3.63) is 29.8 Å². The fourth-order valence-electron chi connectivity index (χ4n) is 2.55. The molecule has 0 saturated carbocycles. The average molecular weight is 338 g/mol. The second-order valence-electron chi connectivity index (χ2n) is 5.52. The van der Waals surface area contributed by atoms with Gasteiger partial charge in [-0.2, -0.15) is 0 Å². The average Bonchev–Trinajstić information content (AvgIpc) is 3.12. The van der Waals surface area contributed by atoms with E-state index < -0.39 is 22.0 Å². The first-order chi connectivity index (χ1) is 11.0. The molecule has 2 aliphatic heterocycles. The summed E-state index contributed by atoms with van der Waals surface area (Å²) >= 11 is 0. The van der Waals surface area contributed by atoms with Crippen LogP contribution >= 0.6 is 0 Å². The number of hydrogen-bond acceptors (Lipinski definition) is 6. The van der Waals surface area contributed by atoms with Crippen LogP contribution in [0.25, 0.3) is 0 Å². The number of nitrogens with zero attached hydrogens (tertiary/aromatic N) is 1. The van der Waals surface area contributed by atoms with E-state index in [9.17, 15) is 13.2 Å². The standard InChI is InChI=1S/C15H18N2O5S/c1-10(15(18)22-9-11-5-4-8-21-11)16-14-12-6-2-3-7-13(12)23(19,20)17-14/h2-3,6-7,10-11H,4-5,8-9H2,1H3,(H,16,17)/t10-,11-/m0/s1. The number of carbonyl (C=O) groups excluding carboxylic acids is 1. The summed E-state index contributed by atoms with van der Waals surface area (Å²) in [6.45, 7) is 2.47. The highest BCUT2D eigenvalue weighted by molar-refractivity contribution is 7.90. The van der Waals surface area contributed by atoms with Crippen molar-refractivity contribution in [2.75, 3.05) is 13.2 Å². The molecule has 0 bridgehead atoms. The Hall–Kier alpha value is -1.93. The number of amidine groups is 1. The van der Waals surface area contributed by atoms with Gasteiger partial charge in [0.25, 0.3) is 10.0 Å². The van der Waals surface area contributed by atoms with E-state index in [1.807, 2.05) is 0 Å². The van der Waals surface area contributed by atoms with E-state index in [4.69, 9.17) is 9.47 Å². The molecule has 8 heteroatoms. The van der Waals surface area contributed by atoms with Gasteiger partial charge in [-0.1, -0.05) is 12.1 Å². The van der Waals surface area contributed by atoms with Crippen LogP contribution in [0.1, 0.15) is 25.3 Å². The van der Waals surface area contributed by atoms with Gasteiger partial charge in [0.1, 0.15) is 18.5 Å². The van der Waals surface area contributed by atoms with E-state index >= 15 is 0 Å². The lowest BCUT2D eigenvalue weighted by Crippen LogP contribution is -2.28. The van der Waals surface area contributed by atoms with E-state index in [0.29, 0.717) is 12.2 Å². The van der Waals surface area contributed by atoms with Gasteiger partial charge in [-0.3, -0.25) is 9.71 Å². The second-order valence-corrected chi connectivity index (χ2v) is 7.17. The molecule has 124 valence electrons. The van der Waals surface area contributed by atoms with Crippen molar-refractivity contribution in [3.8, 4) is 0 Å². The van der Waals surface area contributed by atoms with Gasteiger partial charge in [-0.25, -0.2) is 13.2 Å². The monoisotopic (exact) mass is 338 g/mol. The SMILES string of the molecule is C[C@H](N=C1NS(=O)(=O)c2ccccc21)C(=O)OC[C@@H]1CCCO1. The zero-order valence-electron chi connectivity index (χ0n) is 12.7. The van der Waals surface area contributed by atoms with Crippen molar-refractivity contribution in [1.82, 2.24) is 4.72 Å². The highest BCUT2D eigenvalue weighted by Crippen LogP contribution is 2.22. The van der Waals surface area contributed by atoms with Crippen molar-refractivity contribution >= 4 is 21.8 Å². The summed E-state index contributed by atoms with van der Waals surface area (Å²) in [4.78, 5) is 16.3. The van der Waals surface area contributed by atoms with E-state index in [1.165, 1.54) is 6.07 Å². The quantitative estimate of drug-likeness (QED) is 0.821. The number of sulfonamides is 1. The van der Waals surface area contributed by atoms with Crippen LogP contribution in [-0.4, -0.2) is 45.6 Å². The van der Waals surface area contributed by atoms with Gasteiger partial charge in [0, 0.05) is 12.2 Å². The summed E-state index contributed by atoms with van der Waals surface area (Å²) in [6, 6.07) is 5.70. The van der Waals surface area contributed by atoms with Crippen molar-refractivity contribution in [3.63, 3.8) is 0 Å². The number of ether oxygens (including phenoxy) is 2. The van der Waals surface area contributed by atoms with Gasteiger partial charge < -0.3 is 9.47 Å². The number of hydrogen-bond donors (Lipinski definition) is 1. The Kier molecular flexibility index (Phi) is 4.36. The van der Waals surface area contributed by atoms with Crippen LogP contribution < -0.4 is 4.72 Å². The van der Waals surface area contributed by atoms with Crippen molar-refractivity contribution in [2.24, 2.45) is 4.99 Å². The molecule has 2 atom stereocenters. The third-order valence-electron chi connectivity index (χ3n) is 3.76. The smallest absolute Gasteiger partial charge is 0.330 e. The fourth-order valence-corrected chi connectivity index (χ4v) is 3.79. The molecule has 3 rings (SSSR count). The van der Waals surface area contributed by atoms with Gasteiger partial charge in [0.15, 0.2) is 0 Å². The first-order valence-corrected chi connectivity index (χ1v) is 8.94. The predicted molar refractivity (Wildman–Crippen MR) is 82.7 cm³/mol. The molecule has 0 aromatic heterocycles. The number of aliphatic imine (C=N–C) groups is 1. The maximum absolute atomic E-state index is 12.0. The Morgan fingerprint density at radius 3 is 3.00 bits per heavy atom. The summed E-state index contributed by atoms with van der Waals surface area (Å²) < 4.78 is 36.9. The highest BCUT2D eigenvalue weighted by atomic mass is 32.2. The first kappa shape index (κ1) is 15.9. The maximum Gasteiger partial charge on any atom is 0.330 e. The molecule has 0 spiro atoms. The molecule has 1 N–H and O–H groups in total. The largest absolute Gasteiger partial charge is 0.461 e. The molecule has 0 unspecified atom stereocenters. The van der Waals surface area contributed by atoms with Gasteiger partial charge in [0.2, 0.25) is 0 Å². The molecule has 2 heterocycles. The van der Waals surface area contributed by atoms with Gasteiger partial charge in [0.05, 0.1) is 11.0 Å². The lowest BCUT2D eigenvalue weighted by molar-refractivity contribution is -0.147. The Morgan fingerprint density at radius 1 is 1.48 bits per heavy atom. The number of esters is 1. The van der Waals surface area contributed by atoms with E-state index in [1.54, 1.807) is 25.1 Å². The Morgan fingerprint density at radius 2 is 2.26 bits per heavy atom. The van der Waals surface area contributed by atoms with Crippen LogP contribution in [-0.2, 0) is 24.3 Å². The zero-order valence-corrected chi connectivity index (χ0v) is 13.5. The summed E-state index contributed by atoms with van der Waals surface area (Å²) in [7, 11) is -3.60. The minimum Gasteiger partial charge on any atom is -0.461 e. The van der Waals surface area contributed by atoms with Crippen molar-refractivity contribution in [2.45, 2.75) is 36.8 Å². The Bertz CT molecular complexity index is 738. The Labute approximate surface area is 134 Å². The third-order valence-corrected chi connectivity index (χ3v) is 5.16. The topological polar surface area (TPSA) is 94.1 Å². The number of nitrogens with one attached hydrogen (secondary N) is 1. The molecule has 0 aliphatic carbocycles. The van der Waals surface area contributed by atoms with Crippen LogP contribution in [0.2, 0.25) is 0 Å². The third kappa shape index (κ3) is 3.37. The van der Waals surface area contributed by atoms with Crippen LogP contribution in [0.15, 0.2) is 34.2 Å². The van der Waals surface area contributed by atoms with Crippen molar-refractivity contribution < 1.29 is 22.7 Å². The van der Waals surface area contributed by atoms with Crippen LogP contribution in [0.5, 0.6) is 0 Å². The van der Waals surface area contributed by atoms with Crippen LogP contribution in [0.3, 0.4) is 0 Å². The lowest BCUT2D eigenvalue weighted by Gasteiger charge is -2.12. The van der Waals surface area contributed by atoms with Crippen LogP contribution in [0.4, 0.5) is 0 Å². The summed E-state index contributed by atoms with van der Waals surface area (Å²) in [6.07, 6.45) is 1.80. The maximum atomic E-state index is 12.0. The predicted octanol–water partition coefficient (Wildman–Crippen LogP) is 0.836. The molecule has 1 aromatic rings. The minimum absolute atomic E-state index is 0.0514. The molecular formula is C15H18N2O5S. The molecule has 0 radical (unpaired) electrons. The summed E-state index contributed by atoms with van der Waals surface area (Å²) in [5.41, 5.74) is 0.464. The number of rotatable bonds is 4. The summed E-state index contributed by atoms with van der Waals surface area (Å²) in [5, 5.41) is 0. The van der Waals surface area contributed by atoms with Crippen molar-refractivity contribution in [1.29, 1.82) is 0 Å². The van der Waals surface area contributed by atoms with E-state index in [-0.39, 0.29) is 23.4 Å². The van der Waals surface area contributed by atoms with Gasteiger partial charge >= 0.3 is 5.97 Å². The molecule has 23 heavy (non-hydrogen) atoms. The normalized spacial score (nSPS) is 24.9. The highest BCUT2D eigenvalue weighted by Gasteiger charge is 2.31. The molecule has 0 amide bonds. The number of benzene rings is 1. The van der Waals surface area contributed by atoms with E-state index in [2.05, 4.69) is 9.71 Å². The second kappa shape index (κ2) is 6.29. The lowest BCUT2D eigenvalue weighted by atomic mass is 10.2. The molecule has 1 fully saturated rings. The fraction of sp³-hybridized carbons (Fsp3) is 0.467. The molecule has 1 aromatic carbocycles. The molecule has 7 nitrogen and oxygen atoms in total. The van der Waals surface area contributed by atoms with E-state index in [0.717, 1.165) is 12.8 Å². The van der Waals surface area contributed by atoms with Gasteiger partial charge in [-0.15, -0.1) is 0 Å². The molecule has 1 saturated heterocycles. The molecule has 2 aliphatic rings.